The third kappa shape index (κ3) is 7.77. The lowest BCUT2D eigenvalue weighted by molar-refractivity contribution is 0.562. The lowest BCUT2D eigenvalue weighted by Crippen LogP contribution is -2.26. The highest BCUT2D eigenvalue weighted by Crippen LogP contribution is 1.99. The second kappa shape index (κ2) is 3.73. The summed E-state index contributed by atoms with van der Waals surface area (Å²) in [6.45, 7) is 6.21. The van der Waals surface area contributed by atoms with E-state index in [1.165, 1.54) is 6.08 Å². The maximum atomic E-state index is 9.57. The van der Waals surface area contributed by atoms with E-state index in [1.54, 1.807) is 0 Å². The first-order chi connectivity index (χ1) is 4.06. The molecule has 0 N–H and O–H groups in total. The van der Waals surface area contributed by atoms with Crippen LogP contribution in [-0.4, -0.2) is 24.3 Å². The number of isocyanates is 1. The molecule has 3 nitrogen and oxygen atoms in total. The topological polar surface area (TPSA) is 38.7 Å². The molecular formula is C4H11NO2Si2. The Morgan fingerprint density at radius 3 is 2.44 bits per heavy atom. The van der Waals surface area contributed by atoms with E-state index >= 15 is 0 Å². The van der Waals surface area contributed by atoms with Crippen LogP contribution in [0.1, 0.15) is 0 Å². The highest BCUT2D eigenvalue weighted by atomic mass is 28.4. The van der Waals surface area contributed by atoms with Crippen molar-refractivity contribution in [3.05, 3.63) is 0 Å². The molecule has 0 atom stereocenters. The Labute approximate surface area is 58.3 Å². The van der Waals surface area contributed by atoms with Gasteiger partial charge in [-0.05, 0) is 19.6 Å². The molecule has 0 aliphatic rings. The second-order valence-electron chi connectivity index (χ2n) is 2.64. The normalized spacial score (nSPS) is 11.9. The molecule has 52 valence electrons. The fraction of sp³-hybridized carbons (Fsp3) is 0.750. The van der Waals surface area contributed by atoms with Crippen molar-refractivity contribution in [2.45, 2.75) is 19.6 Å². The summed E-state index contributed by atoms with van der Waals surface area (Å²) in [6, 6.07) is 0. The molecule has 9 heavy (non-hydrogen) atoms. The Balaban J connectivity index is 3.39. The molecule has 0 rings (SSSR count). The van der Waals surface area contributed by atoms with Gasteiger partial charge in [-0.25, -0.2) is 9.45 Å². The van der Waals surface area contributed by atoms with E-state index in [-0.39, 0.29) is 0 Å². The SMILES string of the molecule is C[Si](C)(C)O[SiH2]N=C=O. The van der Waals surface area contributed by atoms with Gasteiger partial charge in [0.15, 0.2) is 8.32 Å². The molecule has 0 radical (unpaired) electrons. The van der Waals surface area contributed by atoms with Crippen molar-refractivity contribution in [1.29, 1.82) is 0 Å². The summed E-state index contributed by atoms with van der Waals surface area (Å²) < 4.78 is 8.72. The summed E-state index contributed by atoms with van der Waals surface area (Å²) in [5, 5.41) is 0. The average Bonchev–Trinajstić information content (AvgIpc) is 1.63. The van der Waals surface area contributed by atoms with Crippen LogP contribution in [0, 0.1) is 0 Å². The Bertz CT molecular complexity index is 125. The molecule has 0 aliphatic carbocycles. The van der Waals surface area contributed by atoms with Gasteiger partial charge in [-0.2, -0.15) is 0 Å². The number of nitrogens with zero attached hydrogens (tertiary/aromatic N) is 1. The Hall–Kier alpha value is -0.226. The zero-order valence-electron chi connectivity index (χ0n) is 5.97. The third-order valence-electron chi connectivity index (χ3n) is 0.627. The van der Waals surface area contributed by atoms with Crippen molar-refractivity contribution in [2.75, 3.05) is 0 Å². The van der Waals surface area contributed by atoms with Crippen molar-refractivity contribution in [1.82, 2.24) is 0 Å². The van der Waals surface area contributed by atoms with Crippen molar-refractivity contribution in [2.24, 2.45) is 4.66 Å². The molecule has 0 saturated carbocycles. The van der Waals surface area contributed by atoms with Crippen molar-refractivity contribution >= 4 is 24.3 Å². The lowest BCUT2D eigenvalue weighted by Gasteiger charge is -2.13. The zero-order valence-corrected chi connectivity index (χ0v) is 8.39. The standard InChI is InChI=1S/C4H11NO2Si2/c1-9(2,3)7-8-5-4-6/h8H2,1-3H3. The van der Waals surface area contributed by atoms with Gasteiger partial charge in [0, 0.05) is 0 Å². The van der Waals surface area contributed by atoms with Gasteiger partial charge in [-0.3, -0.25) is 0 Å². The highest BCUT2D eigenvalue weighted by Gasteiger charge is 2.12. The first-order valence-corrected chi connectivity index (χ1v) is 7.35. The van der Waals surface area contributed by atoms with E-state index in [1.807, 2.05) is 0 Å². The van der Waals surface area contributed by atoms with E-state index in [0.717, 1.165) is 0 Å². The van der Waals surface area contributed by atoms with Gasteiger partial charge in [-0.1, -0.05) is 0 Å². The molecule has 0 spiro atoms. The first-order valence-electron chi connectivity index (χ1n) is 2.74. The van der Waals surface area contributed by atoms with Crippen LogP contribution in [0.3, 0.4) is 0 Å². The maximum absolute atomic E-state index is 9.57. The summed E-state index contributed by atoms with van der Waals surface area (Å²) in [7, 11) is -2.34. The van der Waals surface area contributed by atoms with Crippen LogP contribution in [0.15, 0.2) is 4.66 Å². The largest absolute Gasteiger partial charge is 0.444 e. The molecule has 0 bridgehead atoms. The van der Waals surface area contributed by atoms with Gasteiger partial charge in [0.1, 0.15) is 0 Å². The Kier molecular flexibility index (Phi) is 3.64. The van der Waals surface area contributed by atoms with Crippen LogP contribution < -0.4 is 0 Å². The van der Waals surface area contributed by atoms with Crippen LogP contribution >= 0.6 is 0 Å². The number of hydrogen-bond acceptors (Lipinski definition) is 3. The van der Waals surface area contributed by atoms with Gasteiger partial charge in [0.05, 0.1) is 0 Å². The quantitative estimate of drug-likeness (QED) is 0.336. The van der Waals surface area contributed by atoms with Gasteiger partial charge in [0.25, 0.3) is 9.92 Å². The fourth-order valence-corrected chi connectivity index (χ4v) is 2.11. The van der Waals surface area contributed by atoms with E-state index in [4.69, 9.17) is 4.12 Å². The van der Waals surface area contributed by atoms with E-state index in [2.05, 4.69) is 24.3 Å². The maximum Gasteiger partial charge on any atom is 0.291 e. The van der Waals surface area contributed by atoms with Crippen molar-refractivity contribution < 1.29 is 8.91 Å². The predicted octanol–water partition coefficient (Wildman–Crippen LogP) is 0.172. The van der Waals surface area contributed by atoms with Crippen LogP contribution in [0.2, 0.25) is 19.6 Å². The van der Waals surface area contributed by atoms with Crippen molar-refractivity contribution in [3.8, 4) is 0 Å². The van der Waals surface area contributed by atoms with Gasteiger partial charge in [0.2, 0.25) is 6.08 Å². The third-order valence-corrected chi connectivity index (χ3v) is 4.87. The Morgan fingerprint density at radius 2 is 2.11 bits per heavy atom. The van der Waals surface area contributed by atoms with Crippen molar-refractivity contribution in [3.63, 3.8) is 0 Å². The van der Waals surface area contributed by atoms with E-state index in [9.17, 15) is 4.79 Å². The summed E-state index contributed by atoms with van der Waals surface area (Å²) in [5.41, 5.74) is 0. The minimum atomic E-state index is -1.41. The summed E-state index contributed by atoms with van der Waals surface area (Å²) in [4.78, 5) is 9.57. The predicted molar refractivity (Wildman–Crippen MR) is 41.1 cm³/mol. The minimum absolute atomic E-state index is 0.930. The monoisotopic (exact) mass is 161 g/mol. The fourth-order valence-electron chi connectivity index (χ4n) is 0.252. The molecule has 0 amide bonds. The lowest BCUT2D eigenvalue weighted by atomic mass is 11.7. The van der Waals surface area contributed by atoms with E-state index in [0.29, 0.717) is 0 Å². The summed E-state index contributed by atoms with van der Waals surface area (Å²) in [5.74, 6) is 0. The van der Waals surface area contributed by atoms with Crippen LogP contribution in [0.25, 0.3) is 0 Å². The molecule has 0 unspecified atom stereocenters. The second-order valence-corrected chi connectivity index (χ2v) is 8.59. The van der Waals surface area contributed by atoms with E-state index < -0.39 is 18.2 Å². The zero-order chi connectivity index (χ0) is 7.33. The van der Waals surface area contributed by atoms with Gasteiger partial charge >= 0.3 is 0 Å². The van der Waals surface area contributed by atoms with Crippen LogP contribution in [0.4, 0.5) is 0 Å². The molecule has 0 aromatic heterocycles. The molecule has 0 heterocycles. The summed E-state index contributed by atoms with van der Waals surface area (Å²) in [6.07, 6.45) is 1.47. The van der Waals surface area contributed by atoms with Crippen LogP contribution in [-0.2, 0) is 8.91 Å². The molecule has 0 saturated heterocycles. The minimum Gasteiger partial charge on any atom is -0.444 e. The Morgan fingerprint density at radius 1 is 1.56 bits per heavy atom. The van der Waals surface area contributed by atoms with Crippen LogP contribution in [0.5, 0.6) is 0 Å². The average molecular weight is 161 g/mol. The molecule has 0 fully saturated rings. The number of rotatable bonds is 3. The molecule has 0 aromatic rings. The molecule has 0 aliphatic heterocycles. The smallest absolute Gasteiger partial charge is 0.291 e. The number of hydrogen-bond donors (Lipinski definition) is 0. The summed E-state index contributed by atoms with van der Waals surface area (Å²) >= 11 is 0. The molecule has 0 aromatic carbocycles. The number of carbonyl (C=O) groups excluding carboxylic acids is 1. The first kappa shape index (κ1) is 8.77. The van der Waals surface area contributed by atoms with Gasteiger partial charge in [-0.15, -0.1) is 0 Å². The van der Waals surface area contributed by atoms with Gasteiger partial charge < -0.3 is 4.12 Å². The highest BCUT2D eigenvalue weighted by molar-refractivity contribution is 6.73. The molecular weight excluding hydrogens is 150 g/mol. The molecule has 5 heteroatoms.